The number of carbonyl (C=O) groups excluding carboxylic acids is 1. The number of aromatic nitrogens is 1. The average Bonchev–Trinajstić information content (AvgIpc) is 3.16. The number of amides is 1. The first-order chi connectivity index (χ1) is 14.8. The van der Waals surface area contributed by atoms with Gasteiger partial charge in [-0.15, -0.1) is 0 Å². The maximum atomic E-state index is 12.9. The maximum Gasteiger partial charge on any atom is 0.270 e. The molecule has 4 rings (SSSR count). The number of sulfonamides is 1. The van der Waals surface area contributed by atoms with Crippen molar-refractivity contribution in [2.24, 2.45) is 0 Å². The minimum atomic E-state index is -4.08. The molecule has 0 fully saturated rings. The summed E-state index contributed by atoms with van der Waals surface area (Å²) in [6.07, 6.45) is 3.72. The maximum absolute atomic E-state index is 12.9. The number of pyridine rings is 1. The summed E-state index contributed by atoms with van der Waals surface area (Å²) >= 11 is 0. The third kappa shape index (κ3) is 3.97. The molecule has 1 aromatic heterocycles. The largest absolute Gasteiger partial charge is 0.308 e. The monoisotopic (exact) mass is 438 g/mol. The Morgan fingerprint density at radius 3 is 2.71 bits per heavy atom. The summed E-state index contributed by atoms with van der Waals surface area (Å²) in [6.45, 7) is 2.04. The fourth-order valence-corrected chi connectivity index (χ4v) is 4.82. The number of nitrogens with zero attached hydrogens (tertiary/aromatic N) is 3. The van der Waals surface area contributed by atoms with E-state index in [1.165, 1.54) is 18.3 Å². The van der Waals surface area contributed by atoms with Crippen molar-refractivity contribution in [2.75, 3.05) is 16.2 Å². The summed E-state index contributed by atoms with van der Waals surface area (Å²) in [6, 6.07) is 12.0. The Morgan fingerprint density at radius 2 is 2.00 bits per heavy atom. The van der Waals surface area contributed by atoms with Gasteiger partial charge < -0.3 is 4.90 Å². The van der Waals surface area contributed by atoms with Crippen LogP contribution in [0.4, 0.5) is 17.1 Å². The number of nitrogens with one attached hydrogen (secondary N) is 1. The highest BCUT2D eigenvalue weighted by Crippen LogP contribution is 2.33. The molecule has 2 heterocycles. The lowest BCUT2D eigenvalue weighted by molar-refractivity contribution is -0.385. The first kappa shape index (κ1) is 20.5. The van der Waals surface area contributed by atoms with E-state index in [2.05, 4.69) is 9.71 Å². The Kier molecular flexibility index (Phi) is 5.15. The Hall–Kier alpha value is -3.79. The molecule has 1 amide bonds. The van der Waals surface area contributed by atoms with Gasteiger partial charge in [0.1, 0.15) is 0 Å². The van der Waals surface area contributed by atoms with Crippen molar-refractivity contribution >= 4 is 33.0 Å². The van der Waals surface area contributed by atoms with E-state index in [1.54, 1.807) is 48.4 Å². The van der Waals surface area contributed by atoms with E-state index in [0.29, 0.717) is 29.8 Å². The second kappa shape index (κ2) is 7.80. The van der Waals surface area contributed by atoms with E-state index in [0.717, 1.165) is 11.6 Å². The van der Waals surface area contributed by atoms with Crippen LogP contribution in [0.1, 0.15) is 21.5 Å². The lowest BCUT2D eigenvalue weighted by Gasteiger charge is -2.18. The lowest BCUT2D eigenvalue weighted by Crippen LogP contribution is -2.29. The number of rotatable bonds is 5. The van der Waals surface area contributed by atoms with Crippen molar-refractivity contribution in [1.29, 1.82) is 0 Å². The first-order valence-electron chi connectivity index (χ1n) is 9.39. The normalized spacial score (nSPS) is 13.0. The number of hydrogen-bond donors (Lipinski definition) is 1. The third-order valence-corrected chi connectivity index (χ3v) is 6.58. The van der Waals surface area contributed by atoms with Crippen molar-refractivity contribution in [2.45, 2.75) is 18.2 Å². The van der Waals surface area contributed by atoms with Gasteiger partial charge in [0.2, 0.25) is 0 Å². The van der Waals surface area contributed by atoms with Gasteiger partial charge in [-0.05, 0) is 48.7 Å². The van der Waals surface area contributed by atoms with Crippen LogP contribution < -0.4 is 9.62 Å². The second-order valence-electron chi connectivity index (χ2n) is 7.10. The molecule has 9 nitrogen and oxygen atoms in total. The lowest BCUT2D eigenvalue weighted by atomic mass is 10.1. The van der Waals surface area contributed by atoms with Gasteiger partial charge in [-0.25, -0.2) is 8.42 Å². The average molecular weight is 438 g/mol. The summed E-state index contributed by atoms with van der Waals surface area (Å²) in [5.74, 6) is -0.221. The third-order valence-electron chi connectivity index (χ3n) is 5.06. The van der Waals surface area contributed by atoms with E-state index in [-0.39, 0.29) is 22.2 Å². The molecule has 1 aliphatic heterocycles. The van der Waals surface area contributed by atoms with Crippen molar-refractivity contribution in [3.63, 3.8) is 0 Å². The quantitative estimate of drug-likeness (QED) is 0.482. The van der Waals surface area contributed by atoms with Crippen LogP contribution >= 0.6 is 0 Å². The Bertz CT molecular complexity index is 1290. The minimum Gasteiger partial charge on any atom is -0.308 e. The summed E-state index contributed by atoms with van der Waals surface area (Å²) in [7, 11) is -4.08. The van der Waals surface area contributed by atoms with Crippen LogP contribution in [-0.4, -0.2) is 30.8 Å². The standard InChI is InChI=1S/C21H18N4O5S/c1-14-4-7-18(25(27)28)12-20(14)31(29,30)23-17-6-5-15-8-10-24(19(15)11-17)21(26)16-3-2-9-22-13-16/h2-7,9,11-13,23H,8,10H2,1H3. The number of hydrogen-bond acceptors (Lipinski definition) is 6. The van der Waals surface area contributed by atoms with Gasteiger partial charge in [-0.2, -0.15) is 0 Å². The SMILES string of the molecule is Cc1ccc([N+](=O)[O-])cc1S(=O)(=O)Nc1ccc2c(c1)N(C(=O)c1cccnc1)CC2. The second-order valence-corrected chi connectivity index (χ2v) is 8.76. The van der Waals surface area contributed by atoms with Gasteiger partial charge in [0.15, 0.2) is 0 Å². The first-order valence-corrected chi connectivity index (χ1v) is 10.9. The van der Waals surface area contributed by atoms with Crippen molar-refractivity contribution in [3.05, 3.63) is 87.7 Å². The van der Waals surface area contributed by atoms with Gasteiger partial charge in [-0.1, -0.05) is 12.1 Å². The molecular weight excluding hydrogens is 420 g/mol. The van der Waals surface area contributed by atoms with Crippen LogP contribution in [0.15, 0.2) is 65.8 Å². The van der Waals surface area contributed by atoms with Crippen LogP contribution in [0, 0.1) is 17.0 Å². The number of nitro groups is 1. The molecule has 2 aromatic carbocycles. The number of fused-ring (bicyclic) bond motifs is 1. The Morgan fingerprint density at radius 1 is 1.19 bits per heavy atom. The fourth-order valence-electron chi connectivity index (χ4n) is 3.50. The summed E-state index contributed by atoms with van der Waals surface area (Å²) < 4.78 is 28.3. The fraction of sp³-hybridized carbons (Fsp3) is 0.143. The highest BCUT2D eigenvalue weighted by molar-refractivity contribution is 7.92. The number of carbonyl (C=O) groups is 1. The molecule has 0 spiro atoms. The van der Waals surface area contributed by atoms with Crippen molar-refractivity contribution in [3.8, 4) is 0 Å². The minimum absolute atomic E-state index is 0.175. The number of anilines is 2. The van der Waals surface area contributed by atoms with Gasteiger partial charge in [0, 0.05) is 36.8 Å². The van der Waals surface area contributed by atoms with E-state index < -0.39 is 14.9 Å². The molecule has 0 radical (unpaired) electrons. The van der Waals surface area contributed by atoms with Gasteiger partial charge in [0.25, 0.3) is 21.6 Å². The zero-order valence-electron chi connectivity index (χ0n) is 16.5. The van der Waals surface area contributed by atoms with Crippen LogP contribution in [-0.2, 0) is 16.4 Å². The molecule has 0 saturated carbocycles. The molecule has 10 heteroatoms. The molecular formula is C21H18N4O5S. The van der Waals surface area contributed by atoms with Crippen LogP contribution in [0.2, 0.25) is 0 Å². The smallest absolute Gasteiger partial charge is 0.270 e. The van der Waals surface area contributed by atoms with E-state index in [1.807, 2.05) is 0 Å². The van der Waals surface area contributed by atoms with E-state index in [9.17, 15) is 23.3 Å². The molecule has 1 aliphatic rings. The van der Waals surface area contributed by atoms with Crippen molar-refractivity contribution in [1.82, 2.24) is 4.98 Å². The Labute approximate surface area is 178 Å². The predicted octanol–water partition coefficient (Wildman–Crippen LogP) is 3.30. The molecule has 31 heavy (non-hydrogen) atoms. The molecule has 0 aliphatic carbocycles. The summed E-state index contributed by atoms with van der Waals surface area (Å²) in [5, 5.41) is 11.0. The molecule has 0 unspecified atom stereocenters. The predicted molar refractivity (Wildman–Crippen MR) is 115 cm³/mol. The van der Waals surface area contributed by atoms with Crippen LogP contribution in [0.25, 0.3) is 0 Å². The zero-order valence-corrected chi connectivity index (χ0v) is 17.3. The molecule has 1 N–H and O–H groups in total. The van der Waals surface area contributed by atoms with Gasteiger partial charge in [0.05, 0.1) is 21.1 Å². The van der Waals surface area contributed by atoms with E-state index >= 15 is 0 Å². The zero-order chi connectivity index (χ0) is 22.2. The molecule has 0 bridgehead atoms. The summed E-state index contributed by atoms with van der Waals surface area (Å²) in [4.78, 5) is 28.6. The van der Waals surface area contributed by atoms with Gasteiger partial charge >= 0.3 is 0 Å². The van der Waals surface area contributed by atoms with Gasteiger partial charge in [-0.3, -0.25) is 24.6 Å². The molecule has 158 valence electrons. The number of non-ortho nitro benzene ring substituents is 1. The molecule has 0 atom stereocenters. The van der Waals surface area contributed by atoms with Crippen LogP contribution in [0.5, 0.6) is 0 Å². The molecule has 0 saturated heterocycles. The highest BCUT2D eigenvalue weighted by atomic mass is 32.2. The number of benzene rings is 2. The number of nitro benzene ring substituents is 1. The van der Waals surface area contributed by atoms with E-state index in [4.69, 9.17) is 0 Å². The van der Waals surface area contributed by atoms with Crippen molar-refractivity contribution < 1.29 is 18.1 Å². The Balaban J connectivity index is 1.65. The topological polar surface area (TPSA) is 123 Å². The summed E-state index contributed by atoms with van der Waals surface area (Å²) in [5.41, 5.74) is 2.31. The number of aryl methyl sites for hydroxylation is 1. The molecule has 3 aromatic rings. The highest BCUT2D eigenvalue weighted by Gasteiger charge is 2.27. The van der Waals surface area contributed by atoms with Crippen LogP contribution in [0.3, 0.4) is 0 Å².